The lowest BCUT2D eigenvalue weighted by Gasteiger charge is -2.32. The number of rotatable bonds is 9. The number of halogens is 1. The van der Waals surface area contributed by atoms with E-state index >= 15 is 0 Å². The Morgan fingerprint density at radius 2 is 1.71 bits per heavy atom. The number of nitrogens with one attached hydrogen (secondary N) is 1. The van der Waals surface area contributed by atoms with Gasteiger partial charge >= 0.3 is 0 Å². The van der Waals surface area contributed by atoms with E-state index in [0.717, 1.165) is 22.0 Å². The zero-order valence-electron chi connectivity index (χ0n) is 20.3. The quantitative estimate of drug-likeness (QED) is 0.456. The molecule has 0 saturated carbocycles. The van der Waals surface area contributed by atoms with Gasteiger partial charge in [-0.05, 0) is 47.6 Å². The molecule has 6 nitrogen and oxygen atoms in total. The first-order chi connectivity index (χ1) is 16.8. The van der Waals surface area contributed by atoms with Crippen LogP contribution in [0, 0.1) is 5.92 Å². The Bertz CT molecular complexity index is 1250. The van der Waals surface area contributed by atoms with Gasteiger partial charge in [0.05, 0.1) is 5.69 Å². The topological polar surface area (TPSA) is 69.7 Å². The summed E-state index contributed by atoms with van der Waals surface area (Å²) in [5.74, 6) is -0.390. The molecule has 0 aromatic heterocycles. The van der Waals surface area contributed by atoms with E-state index in [1.807, 2.05) is 63.2 Å². The summed E-state index contributed by atoms with van der Waals surface area (Å²) in [4.78, 5) is 43.2. The first-order valence-corrected chi connectivity index (χ1v) is 12.3. The van der Waals surface area contributed by atoms with Crippen LogP contribution in [0.25, 0.3) is 10.8 Å². The Balaban J connectivity index is 1.63. The number of hydrogen-bond acceptors (Lipinski definition) is 3. The summed E-state index contributed by atoms with van der Waals surface area (Å²) < 4.78 is 0. The van der Waals surface area contributed by atoms with Crippen molar-refractivity contribution in [2.75, 3.05) is 18.0 Å². The highest BCUT2D eigenvalue weighted by molar-refractivity contribution is 6.30. The van der Waals surface area contributed by atoms with Gasteiger partial charge in [0.1, 0.15) is 12.6 Å². The van der Waals surface area contributed by atoms with Crippen molar-refractivity contribution in [1.29, 1.82) is 0 Å². The van der Waals surface area contributed by atoms with E-state index in [1.165, 1.54) is 4.90 Å². The standard InChI is InChI=1S/C28H30ClN3O3/c1-4-23(27(34)30-15-18(2)3)31(16-19-11-13-21(29)14-12-19)25(33)17-32-24-10-6-8-20-7-5-9-22(26(20)24)28(32)35/h5-14,18,23H,4,15-17H2,1-3H3,(H,30,34). The Kier molecular flexibility index (Phi) is 7.41. The first kappa shape index (κ1) is 24.7. The van der Waals surface area contributed by atoms with E-state index in [4.69, 9.17) is 11.6 Å². The van der Waals surface area contributed by atoms with Gasteiger partial charge in [-0.1, -0.05) is 68.8 Å². The van der Waals surface area contributed by atoms with Crippen LogP contribution < -0.4 is 10.2 Å². The van der Waals surface area contributed by atoms with E-state index in [9.17, 15) is 14.4 Å². The maximum Gasteiger partial charge on any atom is 0.259 e. The zero-order valence-corrected chi connectivity index (χ0v) is 21.0. The summed E-state index contributed by atoms with van der Waals surface area (Å²) in [6.07, 6.45) is 0.451. The van der Waals surface area contributed by atoms with Crippen LogP contribution in [0.2, 0.25) is 5.02 Å². The molecule has 1 N–H and O–H groups in total. The minimum absolute atomic E-state index is 0.145. The van der Waals surface area contributed by atoms with Gasteiger partial charge in [-0.3, -0.25) is 19.3 Å². The van der Waals surface area contributed by atoms with Crippen LogP contribution >= 0.6 is 11.6 Å². The molecule has 1 atom stereocenters. The molecular formula is C28H30ClN3O3. The molecule has 1 unspecified atom stereocenters. The predicted molar refractivity (Wildman–Crippen MR) is 140 cm³/mol. The normalized spacial score (nSPS) is 13.4. The summed E-state index contributed by atoms with van der Waals surface area (Å²) in [6, 6.07) is 17.9. The molecule has 0 aliphatic carbocycles. The largest absolute Gasteiger partial charge is 0.354 e. The van der Waals surface area contributed by atoms with Gasteiger partial charge in [0.15, 0.2) is 0 Å². The molecule has 0 fully saturated rings. The number of hydrogen-bond donors (Lipinski definition) is 1. The molecule has 4 rings (SSSR count). The van der Waals surface area contributed by atoms with Gasteiger partial charge < -0.3 is 10.2 Å². The Hall–Kier alpha value is -3.38. The number of carbonyl (C=O) groups is 3. The molecule has 1 heterocycles. The van der Waals surface area contributed by atoms with Crippen LogP contribution in [0.15, 0.2) is 60.7 Å². The van der Waals surface area contributed by atoms with E-state index in [2.05, 4.69) is 5.32 Å². The third-order valence-electron chi connectivity index (χ3n) is 6.28. The highest BCUT2D eigenvalue weighted by Gasteiger charge is 2.35. The molecule has 182 valence electrons. The summed E-state index contributed by atoms with van der Waals surface area (Å²) in [5.41, 5.74) is 2.17. The van der Waals surface area contributed by atoms with Crippen molar-refractivity contribution in [2.45, 2.75) is 39.8 Å². The summed E-state index contributed by atoms with van der Waals surface area (Å²) in [6.45, 7) is 6.56. The minimum atomic E-state index is -0.659. The Labute approximate surface area is 210 Å². The van der Waals surface area contributed by atoms with Crippen molar-refractivity contribution in [1.82, 2.24) is 10.2 Å². The molecule has 1 aliphatic heterocycles. The van der Waals surface area contributed by atoms with Crippen LogP contribution in [0.5, 0.6) is 0 Å². The van der Waals surface area contributed by atoms with Crippen LogP contribution in [0.1, 0.15) is 43.1 Å². The van der Waals surface area contributed by atoms with Crippen LogP contribution in [-0.2, 0) is 16.1 Å². The smallest absolute Gasteiger partial charge is 0.259 e. The van der Waals surface area contributed by atoms with Crippen molar-refractivity contribution < 1.29 is 14.4 Å². The van der Waals surface area contributed by atoms with Gasteiger partial charge in [0.25, 0.3) is 5.91 Å². The van der Waals surface area contributed by atoms with E-state index < -0.39 is 6.04 Å². The second-order valence-corrected chi connectivity index (χ2v) is 9.72. The molecule has 35 heavy (non-hydrogen) atoms. The first-order valence-electron chi connectivity index (χ1n) is 11.9. The second-order valence-electron chi connectivity index (χ2n) is 9.28. The third kappa shape index (κ3) is 5.17. The fourth-order valence-corrected chi connectivity index (χ4v) is 4.62. The number of benzene rings is 3. The molecule has 3 amide bonds. The van der Waals surface area contributed by atoms with Gasteiger partial charge in [-0.25, -0.2) is 0 Å². The summed E-state index contributed by atoms with van der Waals surface area (Å²) in [7, 11) is 0. The fourth-order valence-electron chi connectivity index (χ4n) is 4.49. The van der Waals surface area contributed by atoms with Crippen molar-refractivity contribution in [3.63, 3.8) is 0 Å². The number of amides is 3. The Morgan fingerprint density at radius 3 is 2.37 bits per heavy atom. The van der Waals surface area contributed by atoms with Gasteiger partial charge in [-0.15, -0.1) is 0 Å². The number of anilines is 1. The Morgan fingerprint density at radius 1 is 1.03 bits per heavy atom. The molecule has 0 bridgehead atoms. The maximum atomic E-state index is 13.8. The molecular weight excluding hydrogens is 462 g/mol. The van der Waals surface area contributed by atoms with Gasteiger partial charge in [0, 0.05) is 29.1 Å². The average molecular weight is 492 g/mol. The highest BCUT2D eigenvalue weighted by Crippen LogP contribution is 2.37. The summed E-state index contributed by atoms with van der Waals surface area (Å²) >= 11 is 6.05. The molecule has 0 spiro atoms. The predicted octanol–water partition coefficient (Wildman–Crippen LogP) is 5.03. The zero-order chi connectivity index (χ0) is 25.1. The summed E-state index contributed by atoms with van der Waals surface area (Å²) in [5, 5.41) is 5.38. The van der Waals surface area contributed by atoms with Gasteiger partial charge in [0.2, 0.25) is 11.8 Å². The van der Waals surface area contributed by atoms with E-state index in [0.29, 0.717) is 23.6 Å². The molecule has 1 aliphatic rings. The second kappa shape index (κ2) is 10.5. The monoisotopic (exact) mass is 491 g/mol. The SMILES string of the molecule is CCC(C(=O)NCC(C)C)N(Cc1ccc(Cl)cc1)C(=O)CN1C(=O)c2cccc3cccc1c23. The van der Waals surface area contributed by atoms with Crippen LogP contribution in [-0.4, -0.2) is 41.8 Å². The highest BCUT2D eigenvalue weighted by atomic mass is 35.5. The van der Waals surface area contributed by atoms with E-state index in [1.54, 1.807) is 23.1 Å². The maximum absolute atomic E-state index is 13.8. The van der Waals surface area contributed by atoms with Crippen LogP contribution in [0.4, 0.5) is 5.69 Å². The van der Waals surface area contributed by atoms with Crippen molar-refractivity contribution in [3.05, 3.63) is 76.8 Å². The molecule has 0 saturated heterocycles. The lowest BCUT2D eigenvalue weighted by atomic mass is 10.1. The fraction of sp³-hybridized carbons (Fsp3) is 0.321. The third-order valence-corrected chi connectivity index (χ3v) is 6.53. The molecule has 3 aromatic carbocycles. The lowest BCUT2D eigenvalue weighted by molar-refractivity contribution is -0.140. The molecule has 7 heteroatoms. The number of nitrogens with zero attached hydrogens (tertiary/aromatic N) is 2. The van der Waals surface area contributed by atoms with Crippen molar-refractivity contribution >= 4 is 45.8 Å². The van der Waals surface area contributed by atoms with E-state index in [-0.39, 0.29) is 36.7 Å². The van der Waals surface area contributed by atoms with Gasteiger partial charge in [-0.2, -0.15) is 0 Å². The average Bonchev–Trinajstić information content (AvgIpc) is 3.11. The lowest BCUT2D eigenvalue weighted by Crippen LogP contribution is -2.52. The number of carbonyl (C=O) groups excluding carboxylic acids is 3. The van der Waals surface area contributed by atoms with Crippen LogP contribution in [0.3, 0.4) is 0 Å². The molecule has 3 aromatic rings. The minimum Gasteiger partial charge on any atom is -0.354 e. The van der Waals surface area contributed by atoms with Crippen molar-refractivity contribution in [3.8, 4) is 0 Å². The van der Waals surface area contributed by atoms with Crippen molar-refractivity contribution in [2.24, 2.45) is 5.92 Å². The molecule has 0 radical (unpaired) electrons.